The Balaban J connectivity index is 0.00000341. The number of hydrogen-bond donors (Lipinski definition) is 0. The molecule has 3 rings (SSSR count). The number of thioether (sulfide) groups is 1. The van der Waals surface area contributed by atoms with Crippen molar-refractivity contribution >= 4 is 29.6 Å². The molecule has 2 aliphatic heterocycles. The Kier molecular flexibility index (Phi) is 8.76. The maximum absolute atomic E-state index is 13.9. The van der Waals surface area contributed by atoms with Crippen molar-refractivity contribution in [1.82, 2.24) is 4.90 Å². The number of amides is 1. The normalized spacial score (nSPS) is 21.1. The fourth-order valence-electron chi connectivity index (χ4n) is 2.94. The molecule has 11 heteroatoms. The molecule has 1 amide bonds. The molecule has 8 nitrogen and oxygen atoms in total. The number of carboxylic acids is 1. The van der Waals surface area contributed by atoms with Crippen LogP contribution in [-0.2, 0) is 23.9 Å². The van der Waals surface area contributed by atoms with E-state index in [1.165, 1.54) is 24.3 Å². The Morgan fingerprint density at radius 3 is 2.52 bits per heavy atom. The number of ether oxygens (including phenoxy) is 3. The average Bonchev–Trinajstić information content (AvgIpc) is 2.97. The van der Waals surface area contributed by atoms with Gasteiger partial charge >= 0.3 is 57.4 Å². The number of rotatable bonds is 7. The smallest absolute Gasteiger partial charge is 0.543 e. The summed E-state index contributed by atoms with van der Waals surface area (Å²) < 4.78 is 29.8. The van der Waals surface area contributed by atoms with Crippen LogP contribution in [0.3, 0.4) is 0 Å². The second-order valence-corrected chi connectivity index (χ2v) is 8.96. The van der Waals surface area contributed by atoms with Crippen LogP contribution in [0.4, 0.5) is 4.39 Å². The summed E-state index contributed by atoms with van der Waals surface area (Å²) in [4.78, 5) is 37.0. The Morgan fingerprint density at radius 1 is 1.29 bits per heavy atom. The van der Waals surface area contributed by atoms with Crippen LogP contribution in [0.2, 0.25) is 0 Å². The monoisotopic (exact) mass is 477 g/mol. The van der Waals surface area contributed by atoms with E-state index < -0.39 is 52.2 Å². The molecule has 3 atom stereocenters. The largest absolute Gasteiger partial charge is 1.00 e. The van der Waals surface area contributed by atoms with Crippen LogP contribution in [0.15, 0.2) is 35.1 Å². The summed E-state index contributed by atoms with van der Waals surface area (Å²) in [6, 6.07) is 5.52. The average molecular weight is 478 g/mol. The van der Waals surface area contributed by atoms with Crippen LogP contribution in [-0.4, -0.2) is 41.0 Å². The quantitative estimate of drug-likeness (QED) is 0.205. The summed E-state index contributed by atoms with van der Waals surface area (Å²) in [5.41, 5.74) is -1.13. The molecule has 1 saturated heterocycles. The Hall–Kier alpha value is -0.954. The summed E-state index contributed by atoms with van der Waals surface area (Å²) in [6.07, 6.45) is -0.658. The zero-order chi connectivity index (χ0) is 22.2. The number of aliphatic carboxylic acids is 1. The fraction of sp³-hybridized carbons (Fsp3) is 0.450. The Bertz CT molecular complexity index is 917. The van der Waals surface area contributed by atoms with Crippen molar-refractivity contribution in [2.24, 2.45) is 11.3 Å². The van der Waals surface area contributed by atoms with E-state index >= 15 is 0 Å². The number of halogens is 1. The summed E-state index contributed by atoms with van der Waals surface area (Å²) >= 11 is 0.972. The molecule has 0 aromatic heterocycles. The third-order valence-corrected chi connectivity index (χ3v) is 5.85. The minimum atomic E-state index is -1.60. The first kappa shape index (κ1) is 26.3. The van der Waals surface area contributed by atoms with Gasteiger partial charge in [0, 0.05) is 0 Å². The number of benzene rings is 1. The number of carbonyl (C=O) groups is 3. The van der Waals surface area contributed by atoms with Crippen LogP contribution >= 0.6 is 11.8 Å². The van der Waals surface area contributed by atoms with E-state index in [-0.39, 0.29) is 69.0 Å². The van der Waals surface area contributed by atoms with Gasteiger partial charge in [0.25, 0.3) is 0 Å². The first-order valence-corrected chi connectivity index (χ1v) is 10.1. The van der Waals surface area contributed by atoms with Gasteiger partial charge < -0.3 is 24.1 Å². The molecule has 0 spiro atoms. The Morgan fingerprint density at radius 2 is 1.94 bits per heavy atom. The van der Waals surface area contributed by atoms with Gasteiger partial charge in [-0.25, -0.2) is 4.39 Å². The summed E-state index contributed by atoms with van der Waals surface area (Å²) in [7, 11) is 0. The maximum atomic E-state index is 13.9. The SMILES string of the molecule is C[C@@H](OCOC(=O)C(C)(C)C)[C@H]1C(=O)N2C(C(=O)[O-])=C(Oc3ccccc3F)S[C@H]12.[K+]. The zero-order valence-corrected chi connectivity index (χ0v) is 21.8. The fourth-order valence-corrected chi connectivity index (χ4v) is 4.39. The number of nitrogens with zero attached hydrogens (tertiary/aromatic N) is 1. The van der Waals surface area contributed by atoms with Gasteiger partial charge in [-0.05, 0) is 39.8 Å². The number of hydrogen-bond acceptors (Lipinski definition) is 8. The summed E-state index contributed by atoms with van der Waals surface area (Å²) in [6.45, 7) is 6.39. The molecule has 0 saturated carbocycles. The second kappa shape index (κ2) is 10.3. The number of fused-ring (bicyclic) bond motifs is 1. The molecule has 0 radical (unpaired) electrons. The standard InChI is InChI=1S/C20H22FNO7S.K/c1-10(27-9-28-19(26)20(2,3)4)13-15(23)22-14(17(24)25)18(30-16(13)22)29-12-8-6-5-7-11(12)21;/h5-8,10,13,16H,9H2,1-4H3,(H,24,25);/q;+1/p-1/t10-,13+,16-;/m1./s1. The van der Waals surface area contributed by atoms with Gasteiger partial charge in [0.05, 0.1) is 23.4 Å². The maximum Gasteiger partial charge on any atom is 1.00 e. The van der Waals surface area contributed by atoms with E-state index in [4.69, 9.17) is 14.2 Å². The third-order valence-electron chi connectivity index (χ3n) is 4.62. The molecule has 0 N–H and O–H groups in total. The number of carbonyl (C=O) groups excluding carboxylic acids is 3. The molecule has 2 aliphatic rings. The predicted molar refractivity (Wildman–Crippen MR) is 102 cm³/mol. The van der Waals surface area contributed by atoms with E-state index in [0.29, 0.717) is 0 Å². The molecule has 2 heterocycles. The number of β-lactam (4-membered cyclic amide) rings is 1. The summed E-state index contributed by atoms with van der Waals surface area (Å²) in [5.74, 6) is -4.07. The van der Waals surface area contributed by atoms with E-state index in [9.17, 15) is 23.9 Å². The molecular formula is C20H21FKNO7S. The van der Waals surface area contributed by atoms with Gasteiger partial charge in [0.15, 0.2) is 23.5 Å². The van der Waals surface area contributed by atoms with Crippen LogP contribution in [0, 0.1) is 17.2 Å². The number of para-hydroxylation sites is 1. The molecule has 31 heavy (non-hydrogen) atoms. The molecule has 0 aliphatic carbocycles. The predicted octanol–water partition coefficient (Wildman–Crippen LogP) is -1.39. The molecule has 1 aromatic carbocycles. The molecule has 162 valence electrons. The molecule has 0 bridgehead atoms. The Labute approximate surface area is 225 Å². The van der Waals surface area contributed by atoms with Gasteiger partial charge in [-0.1, -0.05) is 23.9 Å². The molecule has 1 fully saturated rings. The zero-order valence-electron chi connectivity index (χ0n) is 17.8. The van der Waals surface area contributed by atoms with Crippen molar-refractivity contribution in [1.29, 1.82) is 0 Å². The van der Waals surface area contributed by atoms with Crippen LogP contribution in [0.1, 0.15) is 27.7 Å². The van der Waals surface area contributed by atoms with Gasteiger partial charge in [-0.3, -0.25) is 14.5 Å². The first-order chi connectivity index (χ1) is 14.0. The minimum Gasteiger partial charge on any atom is -0.543 e. The minimum absolute atomic E-state index is 0. The van der Waals surface area contributed by atoms with Crippen molar-refractivity contribution in [3.8, 4) is 5.75 Å². The van der Waals surface area contributed by atoms with E-state index in [1.54, 1.807) is 27.7 Å². The molecule has 0 unspecified atom stereocenters. The van der Waals surface area contributed by atoms with Gasteiger partial charge in [0.1, 0.15) is 11.1 Å². The first-order valence-electron chi connectivity index (χ1n) is 9.19. The van der Waals surface area contributed by atoms with Gasteiger partial charge in [0.2, 0.25) is 5.91 Å². The van der Waals surface area contributed by atoms with E-state index in [1.807, 2.05) is 0 Å². The second-order valence-electron chi connectivity index (χ2n) is 7.87. The topological polar surface area (TPSA) is 105 Å². The van der Waals surface area contributed by atoms with Crippen molar-refractivity contribution < 1.29 is 89.5 Å². The van der Waals surface area contributed by atoms with Crippen LogP contribution in [0.5, 0.6) is 5.75 Å². The molecular weight excluding hydrogens is 456 g/mol. The van der Waals surface area contributed by atoms with Crippen molar-refractivity contribution in [2.75, 3.05) is 6.79 Å². The van der Waals surface area contributed by atoms with Crippen LogP contribution < -0.4 is 61.2 Å². The molecule has 1 aromatic rings. The van der Waals surface area contributed by atoms with E-state index in [2.05, 4.69) is 0 Å². The number of esters is 1. The van der Waals surface area contributed by atoms with Crippen LogP contribution in [0.25, 0.3) is 0 Å². The van der Waals surface area contributed by atoms with Gasteiger partial charge in [-0.15, -0.1) is 0 Å². The van der Waals surface area contributed by atoms with Crippen molar-refractivity contribution in [3.05, 3.63) is 40.9 Å². The summed E-state index contributed by atoms with van der Waals surface area (Å²) in [5, 5.41) is 10.9. The number of carboxylic acid groups (broad SMARTS) is 1. The van der Waals surface area contributed by atoms with E-state index in [0.717, 1.165) is 16.7 Å². The van der Waals surface area contributed by atoms with Crippen molar-refractivity contribution in [2.45, 2.75) is 39.2 Å². The van der Waals surface area contributed by atoms with Gasteiger partial charge in [-0.2, -0.15) is 0 Å². The van der Waals surface area contributed by atoms with Crippen molar-refractivity contribution in [3.63, 3.8) is 0 Å². The third kappa shape index (κ3) is 5.52.